The van der Waals surface area contributed by atoms with Crippen molar-refractivity contribution in [1.29, 1.82) is 0 Å². The predicted molar refractivity (Wildman–Crippen MR) is 68.0 cm³/mol. The summed E-state index contributed by atoms with van der Waals surface area (Å²) in [6.07, 6.45) is 1.90. The number of nitrogens with zero attached hydrogens (tertiary/aromatic N) is 1. The Hall–Kier alpha value is -1.02. The van der Waals surface area contributed by atoms with Crippen molar-refractivity contribution in [3.05, 3.63) is 29.3 Å². The minimum absolute atomic E-state index is 0.238. The molecule has 88 valence electrons. The van der Waals surface area contributed by atoms with E-state index in [-0.39, 0.29) is 6.61 Å². The van der Waals surface area contributed by atoms with Crippen LogP contribution in [-0.2, 0) is 12.8 Å². The van der Waals surface area contributed by atoms with Crippen LogP contribution in [0.1, 0.15) is 31.9 Å². The van der Waals surface area contributed by atoms with Crippen molar-refractivity contribution < 1.29 is 5.11 Å². The van der Waals surface area contributed by atoms with E-state index >= 15 is 0 Å². The van der Waals surface area contributed by atoms with Crippen LogP contribution in [0.4, 0.5) is 5.69 Å². The van der Waals surface area contributed by atoms with E-state index in [1.165, 1.54) is 16.8 Å². The molecule has 0 saturated heterocycles. The van der Waals surface area contributed by atoms with Crippen molar-refractivity contribution in [2.24, 2.45) is 0 Å². The molecular formula is C14H21NO. The van der Waals surface area contributed by atoms with Gasteiger partial charge in [0.1, 0.15) is 0 Å². The van der Waals surface area contributed by atoms with Crippen molar-refractivity contribution in [1.82, 2.24) is 0 Å². The van der Waals surface area contributed by atoms with E-state index in [4.69, 9.17) is 5.11 Å². The lowest BCUT2D eigenvalue weighted by Gasteiger charge is -2.29. The number of aliphatic hydroxyl groups is 1. The third-order valence-electron chi connectivity index (χ3n) is 3.37. The molecule has 1 aromatic carbocycles. The summed E-state index contributed by atoms with van der Waals surface area (Å²) < 4.78 is 0. The molecule has 0 fully saturated rings. The molecule has 2 heteroatoms. The van der Waals surface area contributed by atoms with Crippen LogP contribution in [0.15, 0.2) is 18.2 Å². The molecule has 1 aromatic rings. The van der Waals surface area contributed by atoms with Gasteiger partial charge < -0.3 is 10.0 Å². The average molecular weight is 219 g/mol. The lowest BCUT2D eigenvalue weighted by Crippen LogP contribution is -2.35. The maximum absolute atomic E-state index is 8.95. The highest BCUT2D eigenvalue weighted by Crippen LogP contribution is 2.34. The Balaban J connectivity index is 2.31. The SMILES string of the molecule is CC(C)N1c2ccc(CCO)cc2CC1C. The minimum atomic E-state index is 0.238. The monoisotopic (exact) mass is 219 g/mol. The van der Waals surface area contributed by atoms with Crippen molar-refractivity contribution in [2.45, 2.75) is 45.7 Å². The van der Waals surface area contributed by atoms with Crippen molar-refractivity contribution in [3.63, 3.8) is 0 Å². The molecule has 2 nitrogen and oxygen atoms in total. The number of benzene rings is 1. The topological polar surface area (TPSA) is 23.5 Å². The number of hydrogen-bond acceptors (Lipinski definition) is 2. The Labute approximate surface area is 97.9 Å². The first-order valence-corrected chi connectivity index (χ1v) is 6.14. The van der Waals surface area contributed by atoms with Gasteiger partial charge in [-0.2, -0.15) is 0 Å². The maximum atomic E-state index is 8.95. The quantitative estimate of drug-likeness (QED) is 0.843. The van der Waals surface area contributed by atoms with Gasteiger partial charge in [0, 0.05) is 24.4 Å². The van der Waals surface area contributed by atoms with E-state index in [1.807, 2.05) is 0 Å². The van der Waals surface area contributed by atoms with Gasteiger partial charge in [0.15, 0.2) is 0 Å². The van der Waals surface area contributed by atoms with Crippen LogP contribution in [0.25, 0.3) is 0 Å². The minimum Gasteiger partial charge on any atom is -0.396 e. The lowest BCUT2D eigenvalue weighted by atomic mass is 10.1. The van der Waals surface area contributed by atoms with Crippen molar-refractivity contribution >= 4 is 5.69 Å². The van der Waals surface area contributed by atoms with E-state index in [1.54, 1.807) is 0 Å². The third-order valence-corrected chi connectivity index (χ3v) is 3.37. The highest BCUT2D eigenvalue weighted by Gasteiger charge is 2.27. The average Bonchev–Trinajstić information content (AvgIpc) is 2.53. The zero-order valence-electron chi connectivity index (χ0n) is 10.4. The van der Waals surface area contributed by atoms with Crippen molar-refractivity contribution in [2.75, 3.05) is 11.5 Å². The first-order valence-electron chi connectivity index (χ1n) is 6.14. The van der Waals surface area contributed by atoms with Gasteiger partial charge in [-0.05, 0) is 50.8 Å². The van der Waals surface area contributed by atoms with Crippen LogP contribution in [0, 0.1) is 0 Å². The molecule has 1 unspecified atom stereocenters. The first kappa shape index (κ1) is 11.5. The Morgan fingerprint density at radius 1 is 1.44 bits per heavy atom. The molecule has 0 saturated carbocycles. The van der Waals surface area contributed by atoms with Crippen LogP contribution < -0.4 is 4.90 Å². The fourth-order valence-electron chi connectivity index (χ4n) is 2.78. The number of aliphatic hydroxyl groups excluding tert-OH is 1. The van der Waals surface area contributed by atoms with Crippen LogP contribution >= 0.6 is 0 Å². The van der Waals surface area contributed by atoms with E-state index in [2.05, 4.69) is 43.9 Å². The molecule has 0 radical (unpaired) electrons. The van der Waals surface area contributed by atoms with Gasteiger partial charge in [-0.1, -0.05) is 12.1 Å². The summed E-state index contributed by atoms with van der Waals surface area (Å²) in [6, 6.07) is 7.76. The van der Waals surface area contributed by atoms with Gasteiger partial charge in [-0.15, -0.1) is 0 Å². The first-order chi connectivity index (χ1) is 7.63. The zero-order valence-corrected chi connectivity index (χ0v) is 10.4. The summed E-state index contributed by atoms with van der Waals surface area (Å²) in [5, 5.41) is 8.95. The highest BCUT2D eigenvalue weighted by molar-refractivity contribution is 5.61. The summed E-state index contributed by atoms with van der Waals surface area (Å²) in [5.74, 6) is 0. The smallest absolute Gasteiger partial charge is 0.0471 e. The number of hydrogen-bond donors (Lipinski definition) is 1. The Morgan fingerprint density at radius 3 is 2.81 bits per heavy atom. The van der Waals surface area contributed by atoms with Gasteiger partial charge in [0.25, 0.3) is 0 Å². The molecule has 1 aliphatic rings. The molecule has 0 spiro atoms. The van der Waals surface area contributed by atoms with E-state index in [9.17, 15) is 0 Å². The second kappa shape index (κ2) is 4.46. The zero-order chi connectivity index (χ0) is 11.7. The van der Waals surface area contributed by atoms with E-state index in [0.717, 1.165) is 12.8 Å². The number of rotatable bonds is 3. The molecule has 1 N–H and O–H groups in total. The number of fused-ring (bicyclic) bond motifs is 1. The summed E-state index contributed by atoms with van der Waals surface area (Å²) >= 11 is 0. The fourth-order valence-corrected chi connectivity index (χ4v) is 2.78. The van der Waals surface area contributed by atoms with Gasteiger partial charge in [0.05, 0.1) is 0 Å². The van der Waals surface area contributed by atoms with Crippen LogP contribution in [-0.4, -0.2) is 23.8 Å². The predicted octanol–water partition coefficient (Wildman–Crippen LogP) is 2.38. The largest absolute Gasteiger partial charge is 0.396 e. The molecular weight excluding hydrogens is 198 g/mol. The second-order valence-electron chi connectivity index (χ2n) is 4.99. The summed E-state index contributed by atoms with van der Waals surface area (Å²) in [5.41, 5.74) is 4.07. The standard InChI is InChI=1S/C14H21NO/c1-10(2)15-11(3)8-13-9-12(6-7-16)4-5-14(13)15/h4-5,9-11,16H,6-8H2,1-3H3. The second-order valence-corrected chi connectivity index (χ2v) is 4.99. The van der Waals surface area contributed by atoms with Gasteiger partial charge in [-0.3, -0.25) is 0 Å². The molecule has 1 aliphatic heterocycles. The third kappa shape index (κ3) is 1.94. The molecule has 0 aliphatic carbocycles. The molecule has 1 atom stereocenters. The van der Waals surface area contributed by atoms with E-state index in [0.29, 0.717) is 12.1 Å². The van der Waals surface area contributed by atoms with Crippen LogP contribution in [0.2, 0.25) is 0 Å². The lowest BCUT2D eigenvalue weighted by molar-refractivity contribution is 0.299. The van der Waals surface area contributed by atoms with Crippen LogP contribution in [0.3, 0.4) is 0 Å². The normalized spacial score (nSPS) is 19.3. The van der Waals surface area contributed by atoms with Crippen LogP contribution in [0.5, 0.6) is 0 Å². The summed E-state index contributed by atoms with van der Waals surface area (Å²) in [7, 11) is 0. The number of anilines is 1. The fraction of sp³-hybridized carbons (Fsp3) is 0.571. The highest BCUT2D eigenvalue weighted by atomic mass is 16.2. The van der Waals surface area contributed by atoms with Gasteiger partial charge in [0.2, 0.25) is 0 Å². The maximum Gasteiger partial charge on any atom is 0.0471 e. The molecule has 0 aromatic heterocycles. The summed E-state index contributed by atoms with van der Waals surface area (Å²) in [4.78, 5) is 2.48. The Morgan fingerprint density at radius 2 is 2.19 bits per heavy atom. The molecule has 16 heavy (non-hydrogen) atoms. The summed E-state index contributed by atoms with van der Waals surface area (Å²) in [6.45, 7) is 7.01. The Kier molecular flexibility index (Phi) is 3.20. The molecule has 1 heterocycles. The molecule has 0 bridgehead atoms. The van der Waals surface area contributed by atoms with Crippen molar-refractivity contribution in [3.8, 4) is 0 Å². The molecule has 2 rings (SSSR count). The van der Waals surface area contributed by atoms with Gasteiger partial charge >= 0.3 is 0 Å². The Bertz CT molecular complexity index is 373. The molecule has 0 amide bonds. The van der Waals surface area contributed by atoms with E-state index < -0.39 is 0 Å². The van der Waals surface area contributed by atoms with Gasteiger partial charge in [-0.25, -0.2) is 0 Å².